The van der Waals surface area contributed by atoms with Gasteiger partial charge in [0.15, 0.2) is 0 Å². The zero-order chi connectivity index (χ0) is 10.7. The van der Waals surface area contributed by atoms with Crippen LogP contribution in [0.15, 0.2) is 24.3 Å². The standard InChI is InChI=1S/C14H18O/c1-14(9-5-2-6-10-14)13-8-4-3-7-12(13)11-15/h3-4,7-8,11H,2,5-6,9-10H2,1H3. The van der Waals surface area contributed by atoms with Crippen molar-refractivity contribution in [1.29, 1.82) is 0 Å². The maximum atomic E-state index is 11.0. The maximum Gasteiger partial charge on any atom is 0.150 e. The highest BCUT2D eigenvalue weighted by molar-refractivity contribution is 5.78. The fourth-order valence-corrected chi connectivity index (χ4v) is 2.75. The lowest BCUT2D eigenvalue weighted by molar-refractivity contribution is 0.112. The van der Waals surface area contributed by atoms with E-state index < -0.39 is 0 Å². The van der Waals surface area contributed by atoms with Crippen molar-refractivity contribution in [1.82, 2.24) is 0 Å². The molecule has 1 saturated carbocycles. The smallest absolute Gasteiger partial charge is 0.150 e. The molecule has 0 heterocycles. The quantitative estimate of drug-likeness (QED) is 0.668. The summed E-state index contributed by atoms with van der Waals surface area (Å²) < 4.78 is 0. The molecule has 1 fully saturated rings. The zero-order valence-electron chi connectivity index (χ0n) is 9.33. The molecule has 1 aromatic rings. The first-order valence-electron chi connectivity index (χ1n) is 5.81. The molecule has 0 unspecified atom stereocenters. The minimum Gasteiger partial charge on any atom is -0.298 e. The van der Waals surface area contributed by atoms with Crippen LogP contribution in [0.1, 0.15) is 54.9 Å². The second-order valence-corrected chi connectivity index (χ2v) is 4.83. The molecular formula is C14H18O. The van der Waals surface area contributed by atoms with Crippen molar-refractivity contribution in [2.75, 3.05) is 0 Å². The van der Waals surface area contributed by atoms with Crippen LogP contribution in [0.2, 0.25) is 0 Å². The number of hydrogen-bond acceptors (Lipinski definition) is 1. The van der Waals surface area contributed by atoms with Gasteiger partial charge in [0.25, 0.3) is 0 Å². The fourth-order valence-electron chi connectivity index (χ4n) is 2.75. The van der Waals surface area contributed by atoms with Gasteiger partial charge in [0, 0.05) is 5.56 Å². The summed E-state index contributed by atoms with van der Waals surface area (Å²) in [5.74, 6) is 0. The Balaban J connectivity index is 2.38. The van der Waals surface area contributed by atoms with Crippen molar-refractivity contribution in [3.8, 4) is 0 Å². The first kappa shape index (κ1) is 10.4. The number of carbonyl (C=O) groups is 1. The number of benzene rings is 1. The Hall–Kier alpha value is -1.11. The molecule has 80 valence electrons. The topological polar surface area (TPSA) is 17.1 Å². The number of hydrogen-bond donors (Lipinski definition) is 0. The van der Waals surface area contributed by atoms with Crippen LogP contribution in [0, 0.1) is 0 Å². The zero-order valence-corrected chi connectivity index (χ0v) is 9.33. The number of rotatable bonds is 2. The SMILES string of the molecule is CC1(c2ccccc2C=O)CCCCC1. The van der Waals surface area contributed by atoms with E-state index in [-0.39, 0.29) is 5.41 Å². The van der Waals surface area contributed by atoms with E-state index in [0.717, 1.165) is 11.8 Å². The molecule has 0 radical (unpaired) electrons. The van der Waals surface area contributed by atoms with E-state index in [9.17, 15) is 4.79 Å². The molecule has 1 nitrogen and oxygen atoms in total. The van der Waals surface area contributed by atoms with Crippen LogP contribution in [-0.2, 0) is 5.41 Å². The third-order valence-corrected chi connectivity index (χ3v) is 3.70. The van der Waals surface area contributed by atoms with E-state index in [4.69, 9.17) is 0 Å². The average molecular weight is 202 g/mol. The third-order valence-electron chi connectivity index (χ3n) is 3.70. The Labute approximate surface area is 91.5 Å². The van der Waals surface area contributed by atoms with Gasteiger partial charge < -0.3 is 0 Å². The average Bonchev–Trinajstić information content (AvgIpc) is 2.30. The molecule has 0 bridgehead atoms. The van der Waals surface area contributed by atoms with Gasteiger partial charge in [0.2, 0.25) is 0 Å². The van der Waals surface area contributed by atoms with Gasteiger partial charge in [-0.05, 0) is 23.8 Å². The van der Waals surface area contributed by atoms with Gasteiger partial charge in [0.05, 0.1) is 0 Å². The second-order valence-electron chi connectivity index (χ2n) is 4.83. The summed E-state index contributed by atoms with van der Waals surface area (Å²) >= 11 is 0. The molecule has 1 heteroatoms. The summed E-state index contributed by atoms with van der Waals surface area (Å²) in [5, 5.41) is 0. The molecule has 1 aliphatic rings. The fraction of sp³-hybridized carbons (Fsp3) is 0.500. The van der Waals surface area contributed by atoms with Crippen molar-refractivity contribution in [2.45, 2.75) is 44.4 Å². The molecule has 2 rings (SSSR count). The summed E-state index contributed by atoms with van der Waals surface area (Å²) in [6, 6.07) is 8.04. The summed E-state index contributed by atoms with van der Waals surface area (Å²) in [6.07, 6.45) is 7.37. The van der Waals surface area contributed by atoms with Crippen LogP contribution in [0.5, 0.6) is 0 Å². The predicted molar refractivity (Wildman–Crippen MR) is 62.3 cm³/mol. The lowest BCUT2D eigenvalue weighted by atomic mass is 9.70. The normalized spacial score (nSPS) is 19.8. The summed E-state index contributed by atoms with van der Waals surface area (Å²) in [6.45, 7) is 2.30. The minimum atomic E-state index is 0.232. The molecule has 0 spiro atoms. The molecule has 0 saturated heterocycles. The Morgan fingerprint density at radius 1 is 1.13 bits per heavy atom. The molecule has 0 amide bonds. The number of aldehydes is 1. The number of carbonyl (C=O) groups excluding carboxylic acids is 1. The maximum absolute atomic E-state index is 11.0. The monoisotopic (exact) mass is 202 g/mol. The second kappa shape index (κ2) is 4.18. The third kappa shape index (κ3) is 1.97. The van der Waals surface area contributed by atoms with Crippen molar-refractivity contribution < 1.29 is 4.79 Å². The van der Waals surface area contributed by atoms with Gasteiger partial charge >= 0.3 is 0 Å². The van der Waals surface area contributed by atoms with E-state index in [0.29, 0.717) is 0 Å². The Morgan fingerprint density at radius 3 is 2.47 bits per heavy atom. The van der Waals surface area contributed by atoms with E-state index >= 15 is 0 Å². The van der Waals surface area contributed by atoms with Crippen LogP contribution < -0.4 is 0 Å². The van der Waals surface area contributed by atoms with Crippen LogP contribution in [-0.4, -0.2) is 6.29 Å². The summed E-state index contributed by atoms with van der Waals surface area (Å²) in [4.78, 5) is 11.0. The van der Waals surface area contributed by atoms with Gasteiger partial charge in [-0.3, -0.25) is 4.79 Å². The van der Waals surface area contributed by atoms with Crippen LogP contribution in [0.25, 0.3) is 0 Å². The highest BCUT2D eigenvalue weighted by Crippen LogP contribution is 2.39. The van der Waals surface area contributed by atoms with Crippen molar-refractivity contribution in [3.05, 3.63) is 35.4 Å². The summed E-state index contributed by atoms with van der Waals surface area (Å²) in [5.41, 5.74) is 2.36. The molecule has 1 aliphatic carbocycles. The highest BCUT2D eigenvalue weighted by atomic mass is 16.1. The lowest BCUT2D eigenvalue weighted by Gasteiger charge is -2.35. The molecule has 0 N–H and O–H groups in total. The molecule has 0 aliphatic heterocycles. The lowest BCUT2D eigenvalue weighted by Crippen LogP contribution is -2.26. The van der Waals surface area contributed by atoms with Gasteiger partial charge in [-0.15, -0.1) is 0 Å². The molecule has 0 atom stereocenters. The van der Waals surface area contributed by atoms with Crippen molar-refractivity contribution >= 4 is 6.29 Å². The van der Waals surface area contributed by atoms with Crippen LogP contribution in [0.3, 0.4) is 0 Å². The summed E-state index contributed by atoms with van der Waals surface area (Å²) in [7, 11) is 0. The highest BCUT2D eigenvalue weighted by Gasteiger charge is 2.30. The van der Waals surface area contributed by atoms with Crippen molar-refractivity contribution in [3.63, 3.8) is 0 Å². The van der Waals surface area contributed by atoms with Gasteiger partial charge in [0.1, 0.15) is 6.29 Å². The van der Waals surface area contributed by atoms with Gasteiger partial charge in [-0.25, -0.2) is 0 Å². The Bertz CT molecular complexity index is 348. The first-order chi connectivity index (χ1) is 7.26. The molecular weight excluding hydrogens is 184 g/mol. The van der Waals surface area contributed by atoms with Crippen molar-refractivity contribution in [2.24, 2.45) is 0 Å². The van der Waals surface area contributed by atoms with E-state index in [1.807, 2.05) is 18.2 Å². The minimum absolute atomic E-state index is 0.232. The molecule has 1 aromatic carbocycles. The van der Waals surface area contributed by atoms with Gasteiger partial charge in [-0.1, -0.05) is 50.5 Å². The van der Waals surface area contributed by atoms with E-state index in [2.05, 4.69) is 13.0 Å². The Kier molecular flexibility index (Phi) is 2.90. The molecule has 0 aromatic heterocycles. The van der Waals surface area contributed by atoms with Crippen LogP contribution in [0.4, 0.5) is 0 Å². The molecule has 15 heavy (non-hydrogen) atoms. The van der Waals surface area contributed by atoms with Gasteiger partial charge in [-0.2, -0.15) is 0 Å². The van der Waals surface area contributed by atoms with E-state index in [1.54, 1.807) is 0 Å². The Morgan fingerprint density at radius 2 is 1.80 bits per heavy atom. The van der Waals surface area contributed by atoms with Crippen LogP contribution >= 0.6 is 0 Å². The first-order valence-corrected chi connectivity index (χ1v) is 5.81. The predicted octanol–water partition coefficient (Wildman–Crippen LogP) is 3.72. The van der Waals surface area contributed by atoms with E-state index in [1.165, 1.54) is 37.7 Å². The largest absolute Gasteiger partial charge is 0.298 e.